The zero-order valence-corrected chi connectivity index (χ0v) is 11.6. The largest absolute Gasteiger partial charge is 0.463 e. The Hall–Kier alpha value is -1.98. The van der Waals surface area contributed by atoms with Crippen LogP contribution >= 0.6 is 0 Å². The van der Waals surface area contributed by atoms with Gasteiger partial charge in [-0.1, -0.05) is 13.3 Å². The standard InChI is InChI=1S/C14H20N2O4/c1-2-3-6-19-13(17)9-20-14(18)12-7-10(15)8-16(12)11-4-5-11/h7-8,11H,2-6,9,15H2,1H3. The van der Waals surface area contributed by atoms with E-state index < -0.39 is 11.9 Å². The lowest BCUT2D eigenvalue weighted by Gasteiger charge is -2.08. The Morgan fingerprint density at radius 3 is 2.80 bits per heavy atom. The Labute approximate surface area is 117 Å². The van der Waals surface area contributed by atoms with Crippen LogP contribution in [0.2, 0.25) is 0 Å². The van der Waals surface area contributed by atoms with Crippen LogP contribution in [0, 0.1) is 0 Å². The van der Waals surface area contributed by atoms with Gasteiger partial charge in [-0.05, 0) is 25.3 Å². The molecule has 1 aliphatic rings. The van der Waals surface area contributed by atoms with Gasteiger partial charge in [0, 0.05) is 12.2 Å². The minimum atomic E-state index is -0.541. The van der Waals surface area contributed by atoms with E-state index in [-0.39, 0.29) is 6.61 Å². The van der Waals surface area contributed by atoms with Crippen LogP contribution in [-0.4, -0.2) is 29.7 Å². The fraction of sp³-hybridized carbons (Fsp3) is 0.571. The molecule has 0 saturated heterocycles. The third-order valence-corrected chi connectivity index (χ3v) is 3.10. The summed E-state index contributed by atoms with van der Waals surface area (Å²) >= 11 is 0. The highest BCUT2D eigenvalue weighted by Gasteiger charge is 2.28. The third-order valence-electron chi connectivity index (χ3n) is 3.10. The summed E-state index contributed by atoms with van der Waals surface area (Å²) in [5, 5.41) is 0. The number of unbranched alkanes of at least 4 members (excludes halogenated alkanes) is 1. The van der Waals surface area contributed by atoms with Crippen LogP contribution in [0.1, 0.15) is 49.1 Å². The van der Waals surface area contributed by atoms with E-state index >= 15 is 0 Å². The molecule has 2 N–H and O–H groups in total. The lowest BCUT2D eigenvalue weighted by molar-refractivity contribution is -0.147. The maximum atomic E-state index is 11.9. The molecule has 0 bridgehead atoms. The van der Waals surface area contributed by atoms with Crippen LogP contribution in [0.3, 0.4) is 0 Å². The summed E-state index contributed by atoms with van der Waals surface area (Å²) in [6.45, 7) is 2.00. The average molecular weight is 280 g/mol. The van der Waals surface area contributed by atoms with Gasteiger partial charge in [0.2, 0.25) is 0 Å². The number of carbonyl (C=O) groups is 2. The summed E-state index contributed by atoms with van der Waals surface area (Å²) in [6.07, 6.45) is 5.55. The Balaban J connectivity index is 1.84. The molecule has 110 valence electrons. The van der Waals surface area contributed by atoms with Crippen molar-refractivity contribution in [2.24, 2.45) is 0 Å². The van der Waals surface area contributed by atoms with Gasteiger partial charge in [-0.25, -0.2) is 9.59 Å². The van der Waals surface area contributed by atoms with E-state index in [0.717, 1.165) is 25.7 Å². The first kappa shape index (κ1) is 14.4. The molecule has 0 unspecified atom stereocenters. The van der Waals surface area contributed by atoms with E-state index in [1.165, 1.54) is 0 Å². The molecular weight excluding hydrogens is 260 g/mol. The van der Waals surface area contributed by atoms with Gasteiger partial charge in [0.05, 0.1) is 12.3 Å². The molecule has 0 aliphatic heterocycles. The number of hydrogen-bond acceptors (Lipinski definition) is 5. The first-order valence-electron chi connectivity index (χ1n) is 6.92. The van der Waals surface area contributed by atoms with Gasteiger partial charge in [-0.15, -0.1) is 0 Å². The number of esters is 2. The van der Waals surface area contributed by atoms with Crippen molar-refractivity contribution in [3.8, 4) is 0 Å². The molecule has 20 heavy (non-hydrogen) atoms. The molecule has 6 heteroatoms. The number of anilines is 1. The molecule has 0 aromatic carbocycles. The molecule has 1 heterocycles. The molecule has 2 rings (SSSR count). The summed E-state index contributed by atoms with van der Waals surface area (Å²) < 4.78 is 11.7. The van der Waals surface area contributed by atoms with Crippen LogP contribution in [0.4, 0.5) is 5.69 Å². The number of nitrogens with zero attached hydrogens (tertiary/aromatic N) is 1. The van der Waals surface area contributed by atoms with Gasteiger partial charge in [0.15, 0.2) is 6.61 Å². The highest BCUT2D eigenvalue weighted by atomic mass is 16.6. The van der Waals surface area contributed by atoms with E-state index in [2.05, 4.69) is 0 Å². The molecule has 1 aliphatic carbocycles. The quantitative estimate of drug-likeness (QED) is 0.609. The maximum Gasteiger partial charge on any atom is 0.355 e. The highest BCUT2D eigenvalue weighted by Crippen LogP contribution is 2.37. The van der Waals surface area contributed by atoms with Gasteiger partial charge in [-0.2, -0.15) is 0 Å². The van der Waals surface area contributed by atoms with Crippen molar-refractivity contribution < 1.29 is 19.1 Å². The molecule has 1 saturated carbocycles. The molecule has 0 amide bonds. The lowest BCUT2D eigenvalue weighted by Crippen LogP contribution is -2.18. The van der Waals surface area contributed by atoms with Gasteiger partial charge >= 0.3 is 11.9 Å². The van der Waals surface area contributed by atoms with E-state index in [1.807, 2.05) is 11.5 Å². The number of nitrogen functional groups attached to an aromatic ring is 1. The predicted octanol–water partition coefficient (Wildman–Crippen LogP) is 1.91. The van der Waals surface area contributed by atoms with Crippen molar-refractivity contribution in [1.82, 2.24) is 4.57 Å². The number of rotatable bonds is 7. The Morgan fingerprint density at radius 2 is 2.15 bits per heavy atom. The van der Waals surface area contributed by atoms with Crippen LogP contribution in [-0.2, 0) is 14.3 Å². The Morgan fingerprint density at radius 1 is 1.40 bits per heavy atom. The topological polar surface area (TPSA) is 83.6 Å². The van der Waals surface area contributed by atoms with Crippen LogP contribution in [0.15, 0.2) is 12.3 Å². The Bertz CT molecular complexity index is 491. The zero-order chi connectivity index (χ0) is 14.5. The highest BCUT2D eigenvalue weighted by molar-refractivity contribution is 5.90. The normalized spacial score (nSPS) is 14.1. The molecule has 1 fully saturated rings. The maximum absolute atomic E-state index is 11.9. The second-order valence-electron chi connectivity index (χ2n) is 4.95. The monoisotopic (exact) mass is 280 g/mol. The summed E-state index contributed by atoms with van der Waals surface area (Å²) in [4.78, 5) is 23.3. The first-order chi connectivity index (χ1) is 9.61. The number of carbonyl (C=O) groups excluding carboxylic acids is 2. The van der Waals surface area contributed by atoms with Crippen LogP contribution < -0.4 is 5.73 Å². The summed E-state index contributed by atoms with van der Waals surface area (Å²) in [5.74, 6) is -1.06. The fourth-order valence-corrected chi connectivity index (χ4v) is 1.89. The fourth-order valence-electron chi connectivity index (χ4n) is 1.89. The van der Waals surface area contributed by atoms with Gasteiger partial charge in [0.25, 0.3) is 0 Å². The van der Waals surface area contributed by atoms with E-state index in [4.69, 9.17) is 15.2 Å². The summed E-state index contributed by atoms with van der Waals surface area (Å²) in [7, 11) is 0. The van der Waals surface area contributed by atoms with E-state index in [0.29, 0.717) is 24.0 Å². The molecule has 6 nitrogen and oxygen atoms in total. The molecule has 1 aromatic rings. The predicted molar refractivity (Wildman–Crippen MR) is 73.3 cm³/mol. The van der Waals surface area contributed by atoms with Crippen molar-refractivity contribution in [2.45, 2.75) is 38.6 Å². The number of aromatic nitrogens is 1. The Kier molecular flexibility index (Phi) is 4.65. The molecular formula is C14H20N2O4. The van der Waals surface area contributed by atoms with Crippen molar-refractivity contribution in [1.29, 1.82) is 0 Å². The van der Waals surface area contributed by atoms with Crippen LogP contribution in [0.5, 0.6) is 0 Å². The second-order valence-corrected chi connectivity index (χ2v) is 4.95. The SMILES string of the molecule is CCCCOC(=O)COC(=O)c1cc(N)cn1C1CC1. The van der Waals surface area contributed by atoms with Gasteiger partial charge < -0.3 is 19.8 Å². The molecule has 0 atom stereocenters. The van der Waals surface area contributed by atoms with Crippen molar-refractivity contribution in [2.75, 3.05) is 18.9 Å². The average Bonchev–Trinajstić information content (AvgIpc) is 3.19. The van der Waals surface area contributed by atoms with Gasteiger partial charge in [0.1, 0.15) is 5.69 Å². The summed E-state index contributed by atoms with van der Waals surface area (Å²) in [5.41, 5.74) is 6.62. The summed E-state index contributed by atoms with van der Waals surface area (Å²) in [6, 6.07) is 1.90. The van der Waals surface area contributed by atoms with Crippen molar-refractivity contribution in [3.05, 3.63) is 18.0 Å². The van der Waals surface area contributed by atoms with E-state index in [9.17, 15) is 9.59 Å². The first-order valence-corrected chi connectivity index (χ1v) is 6.92. The lowest BCUT2D eigenvalue weighted by atomic mass is 10.4. The smallest absolute Gasteiger partial charge is 0.355 e. The molecule has 0 radical (unpaired) electrons. The third kappa shape index (κ3) is 3.76. The zero-order valence-electron chi connectivity index (χ0n) is 11.6. The van der Waals surface area contributed by atoms with E-state index in [1.54, 1.807) is 12.3 Å². The molecule has 0 spiro atoms. The minimum absolute atomic E-state index is 0.325. The number of hydrogen-bond donors (Lipinski definition) is 1. The van der Waals surface area contributed by atoms with Crippen molar-refractivity contribution >= 4 is 17.6 Å². The van der Waals surface area contributed by atoms with Crippen LogP contribution in [0.25, 0.3) is 0 Å². The second kappa shape index (κ2) is 6.45. The van der Waals surface area contributed by atoms with Crippen molar-refractivity contribution in [3.63, 3.8) is 0 Å². The number of nitrogens with two attached hydrogens (primary N) is 1. The molecule has 1 aromatic heterocycles. The van der Waals surface area contributed by atoms with Gasteiger partial charge in [-0.3, -0.25) is 0 Å². The minimum Gasteiger partial charge on any atom is -0.463 e. The number of ether oxygens (including phenoxy) is 2.